The summed E-state index contributed by atoms with van der Waals surface area (Å²) in [4.78, 5) is 12.0. The number of guanidine groups is 1. The van der Waals surface area contributed by atoms with Crippen LogP contribution in [0, 0.1) is 0 Å². The Balaban J connectivity index is 1.45. The van der Waals surface area contributed by atoms with Crippen molar-refractivity contribution in [3.8, 4) is 0 Å². The fraction of sp³-hybridized carbons (Fsp3) is 0.947. The Morgan fingerprint density at radius 1 is 0.760 bits per heavy atom. The highest BCUT2D eigenvalue weighted by Crippen LogP contribution is 2.07. The van der Waals surface area contributed by atoms with Crippen molar-refractivity contribution in [1.29, 1.82) is 0 Å². The van der Waals surface area contributed by atoms with Crippen molar-refractivity contribution >= 4 is 5.96 Å². The maximum absolute atomic E-state index is 4.34. The summed E-state index contributed by atoms with van der Waals surface area (Å²) in [6, 6.07) is 0. The monoisotopic (exact) mass is 352 g/mol. The van der Waals surface area contributed by atoms with Crippen LogP contribution in [0.25, 0.3) is 0 Å². The zero-order chi connectivity index (χ0) is 17.7. The van der Waals surface area contributed by atoms with Crippen LogP contribution in [0.3, 0.4) is 0 Å². The molecule has 0 amide bonds. The van der Waals surface area contributed by atoms with Crippen molar-refractivity contribution in [3.05, 3.63) is 0 Å². The SMILES string of the molecule is CCN1CCN(CCCCNC(=NC)NCCN2CCCCC2)CC1. The second-order valence-electron chi connectivity index (χ2n) is 7.31. The summed E-state index contributed by atoms with van der Waals surface area (Å²) in [6.07, 6.45) is 6.60. The third kappa shape index (κ3) is 8.38. The lowest BCUT2D eigenvalue weighted by Gasteiger charge is -2.34. The lowest BCUT2D eigenvalue weighted by molar-refractivity contribution is 0.136. The maximum Gasteiger partial charge on any atom is 0.191 e. The molecule has 6 nitrogen and oxygen atoms in total. The summed E-state index contributed by atoms with van der Waals surface area (Å²) in [7, 11) is 1.86. The van der Waals surface area contributed by atoms with Crippen molar-refractivity contribution in [1.82, 2.24) is 25.3 Å². The number of rotatable bonds is 9. The van der Waals surface area contributed by atoms with Gasteiger partial charge in [0.2, 0.25) is 0 Å². The van der Waals surface area contributed by atoms with E-state index in [0.29, 0.717) is 0 Å². The summed E-state index contributed by atoms with van der Waals surface area (Å²) < 4.78 is 0. The smallest absolute Gasteiger partial charge is 0.191 e. The number of likely N-dealkylation sites (N-methyl/N-ethyl adjacent to an activating group) is 1. The van der Waals surface area contributed by atoms with Crippen LogP contribution in [0.15, 0.2) is 4.99 Å². The van der Waals surface area contributed by atoms with E-state index in [4.69, 9.17) is 0 Å². The van der Waals surface area contributed by atoms with E-state index in [1.807, 2.05) is 7.05 Å². The number of aliphatic imine (C=N–C) groups is 1. The first kappa shape index (κ1) is 20.5. The summed E-state index contributed by atoms with van der Waals surface area (Å²) in [6.45, 7) is 15.3. The molecule has 2 aliphatic rings. The number of piperidine rings is 1. The van der Waals surface area contributed by atoms with Crippen LogP contribution in [0.4, 0.5) is 0 Å². The van der Waals surface area contributed by atoms with E-state index in [9.17, 15) is 0 Å². The summed E-state index contributed by atoms with van der Waals surface area (Å²) in [5.74, 6) is 0.952. The molecular weight excluding hydrogens is 312 g/mol. The molecule has 0 bridgehead atoms. The Labute approximate surface area is 155 Å². The number of nitrogens with one attached hydrogen (secondary N) is 2. The minimum absolute atomic E-state index is 0.952. The number of likely N-dealkylation sites (tertiary alicyclic amines) is 1. The number of hydrogen-bond acceptors (Lipinski definition) is 4. The first-order valence-corrected chi connectivity index (χ1v) is 10.4. The highest BCUT2D eigenvalue weighted by atomic mass is 15.3. The highest BCUT2D eigenvalue weighted by molar-refractivity contribution is 5.79. The summed E-state index contributed by atoms with van der Waals surface area (Å²) in [5.41, 5.74) is 0. The van der Waals surface area contributed by atoms with E-state index in [2.05, 4.69) is 37.2 Å². The van der Waals surface area contributed by atoms with Gasteiger partial charge in [0.25, 0.3) is 0 Å². The summed E-state index contributed by atoms with van der Waals surface area (Å²) >= 11 is 0. The van der Waals surface area contributed by atoms with E-state index in [-0.39, 0.29) is 0 Å². The van der Waals surface area contributed by atoms with Crippen LogP contribution < -0.4 is 10.6 Å². The predicted molar refractivity (Wildman–Crippen MR) is 107 cm³/mol. The average molecular weight is 353 g/mol. The molecule has 2 fully saturated rings. The van der Waals surface area contributed by atoms with Crippen molar-refractivity contribution in [2.24, 2.45) is 4.99 Å². The molecular formula is C19H40N6. The molecule has 0 radical (unpaired) electrons. The molecule has 0 aromatic carbocycles. The topological polar surface area (TPSA) is 46.1 Å². The molecule has 2 aliphatic heterocycles. The van der Waals surface area contributed by atoms with Crippen LogP contribution in [0.1, 0.15) is 39.0 Å². The van der Waals surface area contributed by atoms with Crippen molar-refractivity contribution in [3.63, 3.8) is 0 Å². The van der Waals surface area contributed by atoms with Crippen LogP contribution in [-0.2, 0) is 0 Å². The van der Waals surface area contributed by atoms with E-state index in [0.717, 1.165) is 25.6 Å². The molecule has 0 unspecified atom stereocenters. The van der Waals surface area contributed by atoms with E-state index in [1.165, 1.54) is 84.5 Å². The van der Waals surface area contributed by atoms with Gasteiger partial charge in [-0.1, -0.05) is 13.3 Å². The highest BCUT2D eigenvalue weighted by Gasteiger charge is 2.14. The lowest BCUT2D eigenvalue weighted by atomic mass is 10.1. The van der Waals surface area contributed by atoms with Crippen molar-refractivity contribution < 1.29 is 0 Å². The average Bonchev–Trinajstić information content (AvgIpc) is 2.67. The number of nitrogens with zero attached hydrogens (tertiary/aromatic N) is 4. The Hall–Kier alpha value is -0.850. The molecule has 0 spiro atoms. The largest absolute Gasteiger partial charge is 0.356 e. The van der Waals surface area contributed by atoms with Crippen LogP contribution in [-0.4, -0.2) is 99.7 Å². The molecule has 25 heavy (non-hydrogen) atoms. The molecule has 2 rings (SSSR count). The van der Waals surface area contributed by atoms with Gasteiger partial charge in [-0.15, -0.1) is 0 Å². The number of piperazine rings is 1. The quantitative estimate of drug-likeness (QED) is 0.369. The fourth-order valence-electron chi connectivity index (χ4n) is 3.73. The normalized spacial score (nSPS) is 21.4. The zero-order valence-electron chi connectivity index (χ0n) is 16.6. The van der Waals surface area contributed by atoms with Gasteiger partial charge in [-0.25, -0.2) is 0 Å². The van der Waals surface area contributed by atoms with Crippen LogP contribution in [0.5, 0.6) is 0 Å². The molecule has 0 aliphatic carbocycles. The van der Waals surface area contributed by atoms with Gasteiger partial charge in [0.05, 0.1) is 0 Å². The predicted octanol–water partition coefficient (Wildman–Crippen LogP) is 1.06. The minimum atomic E-state index is 0.952. The molecule has 6 heteroatoms. The second kappa shape index (κ2) is 12.5. The number of unbranched alkanes of at least 4 members (excludes halogenated alkanes) is 1. The molecule has 0 atom stereocenters. The number of hydrogen-bond donors (Lipinski definition) is 2. The Bertz CT molecular complexity index is 359. The molecule has 2 heterocycles. The third-order valence-electron chi connectivity index (χ3n) is 5.50. The standard InChI is InChI=1S/C19H40N6/c1-3-23-15-17-25(18-16-23)13-8-5-9-21-19(20-2)22-10-14-24-11-6-4-7-12-24/h3-18H2,1-2H3,(H2,20,21,22). The minimum Gasteiger partial charge on any atom is -0.356 e. The van der Waals surface area contributed by atoms with Crippen LogP contribution >= 0.6 is 0 Å². The Kier molecular flexibility index (Phi) is 10.2. The maximum atomic E-state index is 4.34. The Morgan fingerprint density at radius 3 is 2.08 bits per heavy atom. The first-order valence-electron chi connectivity index (χ1n) is 10.4. The zero-order valence-corrected chi connectivity index (χ0v) is 16.6. The molecule has 0 aromatic rings. The fourth-order valence-corrected chi connectivity index (χ4v) is 3.73. The van der Waals surface area contributed by atoms with Gasteiger partial charge in [0, 0.05) is 52.9 Å². The molecule has 146 valence electrons. The third-order valence-corrected chi connectivity index (χ3v) is 5.50. The van der Waals surface area contributed by atoms with E-state index >= 15 is 0 Å². The first-order chi connectivity index (χ1) is 12.3. The molecule has 0 aromatic heterocycles. The van der Waals surface area contributed by atoms with Gasteiger partial charge in [-0.05, 0) is 51.9 Å². The van der Waals surface area contributed by atoms with Gasteiger partial charge in [-0.3, -0.25) is 4.99 Å². The van der Waals surface area contributed by atoms with Gasteiger partial charge in [-0.2, -0.15) is 0 Å². The van der Waals surface area contributed by atoms with Gasteiger partial charge < -0.3 is 25.3 Å². The second-order valence-corrected chi connectivity index (χ2v) is 7.31. The van der Waals surface area contributed by atoms with E-state index in [1.54, 1.807) is 0 Å². The van der Waals surface area contributed by atoms with Crippen molar-refractivity contribution in [2.45, 2.75) is 39.0 Å². The van der Waals surface area contributed by atoms with Gasteiger partial charge in [0.15, 0.2) is 5.96 Å². The van der Waals surface area contributed by atoms with Crippen molar-refractivity contribution in [2.75, 3.05) is 79.0 Å². The lowest BCUT2D eigenvalue weighted by Crippen LogP contribution is -2.46. The Morgan fingerprint density at radius 2 is 1.40 bits per heavy atom. The summed E-state index contributed by atoms with van der Waals surface area (Å²) in [5, 5.41) is 6.90. The molecule has 2 N–H and O–H groups in total. The van der Waals surface area contributed by atoms with E-state index < -0.39 is 0 Å². The van der Waals surface area contributed by atoms with Gasteiger partial charge in [0.1, 0.15) is 0 Å². The van der Waals surface area contributed by atoms with Gasteiger partial charge >= 0.3 is 0 Å². The van der Waals surface area contributed by atoms with Crippen LogP contribution in [0.2, 0.25) is 0 Å². The molecule has 2 saturated heterocycles. The molecule has 0 saturated carbocycles.